The van der Waals surface area contributed by atoms with Gasteiger partial charge in [-0.15, -0.1) is 11.6 Å². The number of rotatable bonds is 2. The lowest BCUT2D eigenvalue weighted by molar-refractivity contribution is -0.123. The Morgan fingerprint density at radius 2 is 1.58 bits per heavy atom. The largest absolute Gasteiger partial charge is 0.354 e. The van der Waals surface area contributed by atoms with Crippen LogP contribution in [0.15, 0.2) is 78.9 Å². The van der Waals surface area contributed by atoms with E-state index in [1.807, 2.05) is 66.7 Å². The zero-order chi connectivity index (χ0) is 21.6. The highest BCUT2D eigenvalue weighted by Crippen LogP contribution is 2.57. The van der Waals surface area contributed by atoms with E-state index in [1.54, 1.807) is 12.1 Å². The van der Waals surface area contributed by atoms with Gasteiger partial charge >= 0.3 is 0 Å². The summed E-state index contributed by atoms with van der Waals surface area (Å²) in [6.45, 7) is 0.297. The van der Waals surface area contributed by atoms with Crippen LogP contribution in [0, 0.1) is 0 Å². The summed E-state index contributed by atoms with van der Waals surface area (Å²) in [5.74, 6) is -1.39. The maximum atomic E-state index is 13.9. The first kappa shape index (κ1) is 20.1. The molecule has 0 aliphatic carbocycles. The normalized spacial score (nSPS) is 27.4. The van der Waals surface area contributed by atoms with Gasteiger partial charge in [-0.05, 0) is 34.9 Å². The molecule has 5 rings (SSSR count). The van der Waals surface area contributed by atoms with E-state index in [1.165, 1.54) is 0 Å². The topological polar surface area (TPSA) is 58.2 Å². The van der Waals surface area contributed by atoms with Crippen molar-refractivity contribution in [3.8, 4) is 0 Å². The molecule has 0 radical (unpaired) electrons. The van der Waals surface area contributed by atoms with Crippen LogP contribution < -0.4 is 10.6 Å². The van der Waals surface area contributed by atoms with Gasteiger partial charge in [-0.2, -0.15) is 0 Å². The lowest BCUT2D eigenvalue weighted by Gasteiger charge is -2.41. The molecule has 0 aromatic heterocycles. The van der Waals surface area contributed by atoms with Gasteiger partial charge in [-0.3, -0.25) is 9.59 Å². The monoisotopic (exact) mass is 450 g/mol. The van der Waals surface area contributed by atoms with Gasteiger partial charge in [0.2, 0.25) is 11.8 Å². The standard InChI is InChI=1S/C25H20Cl2N2O2/c26-17-10-6-9-16(13-17)21-22(27)23(30)28-14-19(15-7-2-1-3-8-15)25(21)18-11-4-5-12-20(18)29-24(25)31/h1-13,19,21-22H,14H2,(H,28,30)(H,29,31). The van der Waals surface area contributed by atoms with E-state index in [0.29, 0.717) is 11.6 Å². The molecule has 2 aliphatic heterocycles. The molecule has 1 fully saturated rings. The van der Waals surface area contributed by atoms with E-state index in [4.69, 9.17) is 23.2 Å². The van der Waals surface area contributed by atoms with Crippen LogP contribution in [-0.4, -0.2) is 23.7 Å². The lowest BCUT2D eigenvalue weighted by atomic mass is 9.59. The maximum absolute atomic E-state index is 13.9. The lowest BCUT2D eigenvalue weighted by Crippen LogP contribution is -2.49. The van der Waals surface area contributed by atoms with E-state index >= 15 is 0 Å². The number of carbonyl (C=O) groups is 2. The van der Waals surface area contributed by atoms with Crippen LogP contribution in [0.2, 0.25) is 5.02 Å². The third-order valence-electron chi connectivity index (χ3n) is 6.47. The molecule has 1 spiro atoms. The van der Waals surface area contributed by atoms with Crippen molar-refractivity contribution in [2.75, 3.05) is 11.9 Å². The Bertz CT molecular complexity index is 1170. The Labute approximate surface area is 190 Å². The molecule has 2 N–H and O–H groups in total. The molecule has 1 saturated heterocycles. The van der Waals surface area contributed by atoms with Crippen LogP contribution in [0.1, 0.15) is 28.5 Å². The van der Waals surface area contributed by atoms with Gasteiger partial charge in [0, 0.05) is 29.1 Å². The molecule has 2 amide bonds. The molecule has 2 aliphatic rings. The Hall–Kier alpha value is -2.82. The molecule has 4 nitrogen and oxygen atoms in total. The fraction of sp³-hybridized carbons (Fsp3) is 0.200. The van der Waals surface area contributed by atoms with Gasteiger partial charge in [0.1, 0.15) is 5.38 Å². The van der Waals surface area contributed by atoms with Crippen LogP contribution in [-0.2, 0) is 15.0 Å². The van der Waals surface area contributed by atoms with Crippen LogP contribution in [0.4, 0.5) is 5.69 Å². The van der Waals surface area contributed by atoms with Crippen molar-refractivity contribution in [3.63, 3.8) is 0 Å². The molecule has 31 heavy (non-hydrogen) atoms. The molecule has 2 heterocycles. The number of fused-ring (bicyclic) bond motifs is 2. The summed E-state index contributed by atoms with van der Waals surface area (Å²) in [7, 11) is 0. The van der Waals surface area contributed by atoms with Crippen molar-refractivity contribution in [1.82, 2.24) is 5.32 Å². The molecule has 4 atom stereocenters. The van der Waals surface area contributed by atoms with Gasteiger partial charge in [-0.25, -0.2) is 0 Å². The molecular formula is C25H20Cl2N2O2. The van der Waals surface area contributed by atoms with E-state index < -0.39 is 16.7 Å². The number of nitrogens with one attached hydrogen (secondary N) is 2. The average Bonchev–Trinajstić information content (AvgIpc) is 3.00. The first-order valence-electron chi connectivity index (χ1n) is 10.2. The fourth-order valence-corrected chi connectivity index (χ4v) is 5.83. The van der Waals surface area contributed by atoms with Crippen molar-refractivity contribution < 1.29 is 9.59 Å². The van der Waals surface area contributed by atoms with E-state index in [9.17, 15) is 9.59 Å². The number of hydrogen-bond acceptors (Lipinski definition) is 2. The highest BCUT2D eigenvalue weighted by molar-refractivity contribution is 6.32. The average molecular weight is 451 g/mol. The summed E-state index contributed by atoms with van der Waals surface area (Å²) >= 11 is 13.2. The summed E-state index contributed by atoms with van der Waals surface area (Å²) in [6.07, 6.45) is 0. The quantitative estimate of drug-likeness (QED) is 0.549. The van der Waals surface area contributed by atoms with Crippen LogP contribution in [0.3, 0.4) is 0 Å². The maximum Gasteiger partial charge on any atom is 0.238 e. The summed E-state index contributed by atoms with van der Waals surface area (Å²) in [4.78, 5) is 26.9. The predicted molar refractivity (Wildman–Crippen MR) is 123 cm³/mol. The zero-order valence-corrected chi connectivity index (χ0v) is 18.0. The van der Waals surface area contributed by atoms with Crippen molar-refractivity contribution in [1.29, 1.82) is 0 Å². The Morgan fingerprint density at radius 1 is 0.871 bits per heavy atom. The minimum absolute atomic E-state index is 0.158. The molecule has 3 aromatic carbocycles. The van der Waals surface area contributed by atoms with Crippen molar-refractivity contribution in [3.05, 3.63) is 101 Å². The number of hydrogen-bond donors (Lipinski definition) is 2. The number of halogens is 2. The zero-order valence-electron chi connectivity index (χ0n) is 16.5. The second kappa shape index (κ2) is 7.70. The smallest absolute Gasteiger partial charge is 0.238 e. The number of amides is 2. The van der Waals surface area contributed by atoms with Crippen molar-refractivity contribution in [2.24, 2.45) is 0 Å². The number of alkyl halides is 1. The second-order valence-electron chi connectivity index (χ2n) is 8.01. The number of para-hydroxylation sites is 1. The first-order chi connectivity index (χ1) is 15.0. The van der Waals surface area contributed by atoms with Gasteiger partial charge in [0.05, 0.1) is 5.41 Å². The molecule has 3 aromatic rings. The van der Waals surface area contributed by atoms with E-state index in [0.717, 1.165) is 22.4 Å². The first-order valence-corrected chi connectivity index (χ1v) is 11.0. The van der Waals surface area contributed by atoms with E-state index in [-0.39, 0.29) is 17.7 Å². The number of benzene rings is 3. The summed E-state index contributed by atoms with van der Waals surface area (Å²) in [5, 5.41) is 5.62. The Kier molecular flexibility index (Phi) is 4.99. The molecule has 6 heteroatoms. The molecule has 0 bridgehead atoms. The summed E-state index contributed by atoms with van der Waals surface area (Å²) in [5.41, 5.74) is 2.23. The van der Waals surface area contributed by atoms with Gasteiger partial charge in [0.25, 0.3) is 0 Å². The van der Waals surface area contributed by atoms with Crippen LogP contribution in [0.25, 0.3) is 0 Å². The Balaban J connectivity index is 1.86. The minimum atomic E-state index is -1.09. The van der Waals surface area contributed by atoms with Crippen molar-refractivity contribution >= 4 is 40.7 Å². The highest BCUT2D eigenvalue weighted by atomic mass is 35.5. The number of anilines is 1. The van der Waals surface area contributed by atoms with E-state index in [2.05, 4.69) is 10.6 Å². The Morgan fingerprint density at radius 3 is 2.35 bits per heavy atom. The highest BCUT2D eigenvalue weighted by Gasteiger charge is 2.61. The summed E-state index contributed by atoms with van der Waals surface area (Å²) in [6, 6.07) is 24.8. The predicted octanol–water partition coefficient (Wildman–Crippen LogP) is 4.83. The second-order valence-corrected chi connectivity index (χ2v) is 8.92. The summed E-state index contributed by atoms with van der Waals surface area (Å²) < 4.78 is 0. The molecule has 4 unspecified atom stereocenters. The van der Waals surface area contributed by atoms with Crippen LogP contribution >= 0.6 is 23.2 Å². The molecule has 156 valence electrons. The third-order valence-corrected chi connectivity index (χ3v) is 7.16. The third kappa shape index (κ3) is 3.05. The minimum Gasteiger partial charge on any atom is -0.354 e. The fourth-order valence-electron chi connectivity index (χ4n) is 5.21. The van der Waals surface area contributed by atoms with Crippen molar-refractivity contribution in [2.45, 2.75) is 22.6 Å². The van der Waals surface area contributed by atoms with Gasteiger partial charge in [0.15, 0.2) is 0 Å². The SMILES string of the molecule is O=C1NCC(c2ccccc2)C2(C(=O)Nc3ccccc32)C(c2cccc(Cl)c2)C1Cl. The molecule has 0 saturated carbocycles. The van der Waals surface area contributed by atoms with Gasteiger partial charge < -0.3 is 10.6 Å². The van der Waals surface area contributed by atoms with Gasteiger partial charge in [-0.1, -0.05) is 72.3 Å². The number of carbonyl (C=O) groups excluding carboxylic acids is 2. The molecular weight excluding hydrogens is 431 g/mol. The van der Waals surface area contributed by atoms with Crippen LogP contribution in [0.5, 0.6) is 0 Å².